The first-order valence-electron chi connectivity index (χ1n) is 20.8. The Labute approximate surface area is 315 Å². The Kier molecular flexibility index (Phi) is 30.9. The highest BCUT2D eigenvalue weighted by atomic mass is 31.2. The maximum Gasteiger partial charge on any atom is 0.472 e. The fraction of sp³-hybridized carbons (Fsp3) is 0.900. The van der Waals surface area contributed by atoms with Gasteiger partial charge in [0.25, 0.3) is 0 Å². The average Bonchev–Trinajstić information content (AvgIpc) is 3.89. The summed E-state index contributed by atoms with van der Waals surface area (Å²) in [6.45, 7) is 2.33. The van der Waals surface area contributed by atoms with E-state index >= 15 is 0 Å². The van der Waals surface area contributed by atoms with Crippen molar-refractivity contribution < 1.29 is 52.5 Å². The van der Waals surface area contributed by atoms with Gasteiger partial charge in [-0.3, -0.25) is 18.6 Å². The predicted octanol–water partition coefficient (Wildman–Crippen LogP) is 9.43. The van der Waals surface area contributed by atoms with Gasteiger partial charge >= 0.3 is 19.8 Å². The number of aliphatic hydroxyl groups is 2. The van der Waals surface area contributed by atoms with Crippen LogP contribution in [0, 0.1) is 0 Å². The van der Waals surface area contributed by atoms with E-state index in [1.807, 2.05) is 0 Å². The number of unbranched alkanes of at least 4 members (excludes halogenated alkanes) is 19. The molecule has 5 atom stereocenters. The van der Waals surface area contributed by atoms with Gasteiger partial charge in [0, 0.05) is 12.8 Å². The number of hydrogen-bond acceptors (Lipinski definition) is 10. The molecule has 0 aromatic rings. The number of aliphatic hydroxyl groups excluding tert-OH is 2. The number of phosphoric ester groups is 1. The maximum absolute atomic E-state index is 12.6. The molecule has 1 fully saturated rings. The van der Waals surface area contributed by atoms with Crippen LogP contribution in [-0.4, -0.2) is 77.9 Å². The largest absolute Gasteiger partial charge is 0.472 e. The lowest BCUT2D eigenvalue weighted by molar-refractivity contribution is -0.161. The van der Waals surface area contributed by atoms with Crippen molar-refractivity contribution in [3.63, 3.8) is 0 Å². The Morgan fingerprint density at radius 3 is 1.79 bits per heavy atom. The number of rotatable bonds is 38. The SMILES string of the molecule is CCCCC/C=C\CC1OC1CCCCCCCC(=O)OC[C@H](COP(=O)(O)OC[C@@H](O)CO)OC(=O)CCCCCCCCCCCCCCC. The van der Waals surface area contributed by atoms with Crippen LogP contribution in [-0.2, 0) is 37.4 Å². The number of epoxide rings is 1. The molecule has 1 aliphatic heterocycles. The molecule has 1 rings (SSSR count). The molecule has 3 N–H and O–H groups in total. The Bertz CT molecular complexity index is 946. The van der Waals surface area contributed by atoms with Gasteiger partial charge in [0.15, 0.2) is 6.10 Å². The molecule has 0 aromatic carbocycles. The molecule has 306 valence electrons. The van der Waals surface area contributed by atoms with Crippen molar-refractivity contribution >= 4 is 19.8 Å². The number of carbonyl (C=O) groups is 2. The van der Waals surface area contributed by atoms with Gasteiger partial charge in [-0.05, 0) is 38.5 Å². The van der Waals surface area contributed by atoms with Gasteiger partial charge in [0.1, 0.15) is 12.7 Å². The normalized spacial score (nSPS) is 17.9. The maximum atomic E-state index is 12.6. The number of allylic oxidation sites excluding steroid dienone is 1. The van der Waals surface area contributed by atoms with Crippen LogP contribution in [0.2, 0.25) is 0 Å². The van der Waals surface area contributed by atoms with Gasteiger partial charge in [-0.2, -0.15) is 0 Å². The van der Waals surface area contributed by atoms with Gasteiger partial charge in [-0.25, -0.2) is 4.57 Å². The number of hydrogen-bond donors (Lipinski definition) is 3. The molecule has 52 heavy (non-hydrogen) atoms. The summed E-state index contributed by atoms with van der Waals surface area (Å²) in [5, 5.41) is 18.3. The minimum absolute atomic E-state index is 0.182. The van der Waals surface area contributed by atoms with Crippen molar-refractivity contribution in [2.45, 2.75) is 205 Å². The molecular formula is C40H75O11P. The zero-order chi connectivity index (χ0) is 38.1. The van der Waals surface area contributed by atoms with E-state index in [1.54, 1.807) is 0 Å². The summed E-state index contributed by atoms with van der Waals surface area (Å²) in [6.07, 6.45) is 30.5. The third-order valence-electron chi connectivity index (χ3n) is 9.34. The minimum atomic E-state index is -4.62. The number of phosphoric acid groups is 1. The molecule has 0 amide bonds. The van der Waals surface area contributed by atoms with Crippen molar-refractivity contribution in [1.29, 1.82) is 0 Å². The fourth-order valence-corrected chi connectivity index (χ4v) is 6.79. The molecule has 0 aliphatic carbocycles. The standard InChI is InChI=1S/C40H75O11P/c1-3-5-7-9-11-12-13-14-15-16-17-21-26-30-40(44)50-36(34-49-52(45,46)48-32-35(42)31-41)33-47-39(43)29-25-22-18-20-24-28-38-37(51-38)27-23-19-10-8-6-4-2/h19,23,35-38,41-42H,3-18,20-22,24-34H2,1-2H3,(H,45,46)/b23-19-/t35-,36+,37?,38?/m0/s1. The van der Waals surface area contributed by atoms with Crippen molar-refractivity contribution in [2.24, 2.45) is 0 Å². The van der Waals surface area contributed by atoms with E-state index in [0.717, 1.165) is 64.2 Å². The van der Waals surface area contributed by atoms with Crippen LogP contribution < -0.4 is 0 Å². The summed E-state index contributed by atoms with van der Waals surface area (Å²) in [4.78, 5) is 34.9. The van der Waals surface area contributed by atoms with E-state index in [9.17, 15) is 24.2 Å². The van der Waals surface area contributed by atoms with Crippen molar-refractivity contribution in [2.75, 3.05) is 26.4 Å². The van der Waals surface area contributed by atoms with Crippen LogP contribution in [0.4, 0.5) is 0 Å². The second-order valence-electron chi connectivity index (χ2n) is 14.4. The van der Waals surface area contributed by atoms with E-state index in [2.05, 4.69) is 30.5 Å². The van der Waals surface area contributed by atoms with E-state index in [4.69, 9.17) is 23.8 Å². The number of esters is 2. The van der Waals surface area contributed by atoms with Crippen molar-refractivity contribution in [3.05, 3.63) is 12.2 Å². The highest BCUT2D eigenvalue weighted by molar-refractivity contribution is 7.47. The van der Waals surface area contributed by atoms with E-state index in [0.29, 0.717) is 25.0 Å². The Hall–Kier alpha value is -1.33. The molecule has 1 saturated heterocycles. The van der Waals surface area contributed by atoms with Crippen LogP contribution in [0.15, 0.2) is 12.2 Å². The van der Waals surface area contributed by atoms with Gasteiger partial charge in [-0.15, -0.1) is 0 Å². The molecular weight excluding hydrogens is 687 g/mol. The fourth-order valence-electron chi connectivity index (χ4n) is 6.00. The molecule has 0 spiro atoms. The molecule has 1 aliphatic rings. The zero-order valence-corrected chi connectivity index (χ0v) is 33.6. The summed E-state index contributed by atoms with van der Waals surface area (Å²) >= 11 is 0. The molecule has 0 aromatic heterocycles. The lowest BCUT2D eigenvalue weighted by atomic mass is 10.0. The lowest BCUT2D eigenvalue weighted by Gasteiger charge is -2.20. The highest BCUT2D eigenvalue weighted by Crippen LogP contribution is 2.43. The average molecular weight is 763 g/mol. The van der Waals surface area contributed by atoms with Crippen LogP contribution >= 0.6 is 7.82 Å². The van der Waals surface area contributed by atoms with Gasteiger partial charge < -0.3 is 29.3 Å². The van der Waals surface area contributed by atoms with Crippen molar-refractivity contribution in [1.82, 2.24) is 0 Å². The highest BCUT2D eigenvalue weighted by Gasteiger charge is 2.36. The molecule has 3 unspecified atom stereocenters. The quantitative estimate of drug-likeness (QED) is 0.0181. The third-order valence-corrected chi connectivity index (χ3v) is 10.3. The molecule has 0 saturated carbocycles. The smallest absolute Gasteiger partial charge is 0.462 e. The molecule has 1 heterocycles. The topological polar surface area (TPSA) is 161 Å². The summed E-state index contributed by atoms with van der Waals surface area (Å²) in [6, 6.07) is 0. The van der Waals surface area contributed by atoms with E-state index < -0.39 is 51.8 Å². The van der Waals surface area contributed by atoms with Gasteiger partial charge in [0.05, 0.1) is 32.0 Å². The minimum Gasteiger partial charge on any atom is -0.462 e. The lowest BCUT2D eigenvalue weighted by Crippen LogP contribution is -2.29. The van der Waals surface area contributed by atoms with Gasteiger partial charge in [-0.1, -0.05) is 142 Å². The first-order valence-corrected chi connectivity index (χ1v) is 22.3. The molecule has 0 bridgehead atoms. The van der Waals surface area contributed by atoms with Crippen LogP contribution in [0.5, 0.6) is 0 Å². The first-order chi connectivity index (χ1) is 25.2. The monoisotopic (exact) mass is 763 g/mol. The van der Waals surface area contributed by atoms with Crippen molar-refractivity contribution in [3.8, 4) is 0 Å². The summed E-state index contributed by atoms with van der Waals surface area (Å²) in [5.41, 5.74) is 0. The summed E-state index contributed by atoms with van der Waals surface area (Å²) < 4.78 is 38.5. The second kappa shape index (κ2) is 33.0. The zero-order valence-electron chi connectivity index (χ0n) is 32.7. The Morgan fingerprint density at radius 1 is 0.673 bits per heavy atom. The predicted molar refractivity (Wildman–Crippen MR) is 205 cm³/mol. The second-order valence-corrected chi connectivity index (χ2v) is 15.9. The Balaban J connectivity index is 2.26. The first kappa shape index (κ1) is 48.7. The van der Waals surface area contributed by atoms with E-state index in [-0.39, 0.29) is 19.4 Å². The van der Waals surface area contributed by atoms with Crippen LogP contribution in [0.1, 0.15) is 181 Å². The van der Waals surface area contributed by atoms with Gasteiger partial charge in [0.2, 0.25) is 0 Å². The summed E-state index contributed by atoms with van der Waals surface area (Å²) in [7, 11) is -4.62. The number of carbonyl (C=O) groups excluding carboxylic acids is 2. The van der Waals surface area contributed by atoms with E-state index in [1.165, 1.54) is 77.0 Å². The molecule has 11 nitrogen and oxygen atoms in total. The molecule has 0 radical (unpaired) electrons. The van der Waals surface area contributed by atoms with Crippen LogP contribution in [0.3, 0.4) is 0 Å². The Morgan fingerprint density at radius 2 is 1.19 bits per heavy atom. The molecule has 12 heteroatoms. The third kappa shape index (κ3) is 30.0. The van der Waals surface area contributed by atoms with Crippen LogP contribution in [0.25, 0.3) is 0 Å². The summed E-state index contributed by atoms with van der Waals surface area (Å²) in [5.74, 6) is -0.942. The number of ether oxygens (including phenoxy) is 3.